The first-order valence-corrected chi connectivity index (χ1v) is 6.48. The van der Waals surface area contributed by atoms with E-state index in [1.54, 1.807) is 20.0 Å². The molecule has 0 radical (unpaired) electrons. The zero-order chi connectivity index (χ0) is 15.6. The number of aliphatic hydroxyl groups is 1. The van der Waals surface area contributed by atoms with Crippen LogP contribution in [-0.4, -0.2) is 32.1 Å². The van der Waals surface area contributed by atoms with Crippen LogP contribution in [0.1, 0.15) is 13.8 Å². The summed E-state index contributed by atoms with van der Waals surface area (Å²) in [6.07, 6.45) is 4.43. The Balaban J connectivity index is 2.33. The molecule has 0 bridgehead atoms. The van der Waals surface area contributed by atoms with Gasteiger partial charge in [0.1, 0.15) is 10.9 Å². The lowest BCUT2D eigenvalue weighted by molar-refractivity contribution is -0.0494. The topological polar surface area (TPSA) is 60.2 Å². The van der Waals surface area contributed by atoms with Gasteiger partial charge in [-0.05, 0) is 13.8 Å². The summed E-state index contributed by atoms with van der Waals surface area (Å²) in [7, 11) is 0. The molecule has 5 nitrogen and oxygen atoms in total. The summed E-state index contributed by atoms with van der Waals surface area (Å²) in [4.78, 5) is 3.86. The minimum Gasteiger partial charge on any atom is -0.434 e. The van der Waals surface area contributed by atoms with E-state index in [-0.39, 0.29) is 17.4 Å². The van der Waals surface area contributed by atoms with E-state index in [9.17, 15) is 13.9 Å². The minimum atomic E-state index is -2.96. The highest BCUT2D eigenvalue weighted by Crippen LogP contribution is 2.32. The molecule has 0 aliphatic rings. The molecule has 8 heteroatoms. The third-order valence-electron chi connectivity index (χ3n) is 2.54. The van der Waals surface area contributed by atoms with E-state index in [4.69, 9.17) is 11.6 Å². The summed E-state index contributed by atoms with van der Waals surface area (Å²) < 4.78 is 30.8. The van der Waals surface area contributed by atoms with Crippen LogP contribution in [0.5, 0.6) is 5.75 Å². The Labute approximate surface area is 125 Å². The number of ether oxygens (including phenoxy) is 1. The Kier molecular flexibility index (Phi) is 4.43. The SMILES string of the molecule is CC(C)(O)Cn1cc(-c2cnc(Cl)cc2OC(F)F)cn1. The first-order chi connectivity index (χ1) is 9.74. The van der Waals surface area contributed by atoms with Crippen LogP contribution < -0.4 is 4.74 Å². The van der Waals surface area contributed by atoms with E-state index in [1.165, 1.54) is 23.1 Å². The van der Waals surface area contributed by atoms with Gasteiger partial charge in [-0.1, -0.05) is 11.6 Å². The lowest BCUT2D eigenvalue weighted by Gasteiger charge is -2.16. The number of hydrogen-bond acceptors (Lipinski definition) is 4. The smallest absolute Gasteiger partial charge is 0.387 e. The maximum atomic E-state index is 12.4. The van der Waals surface area contributed by atoms with Crippen molar-refractivity contribution in [2.24, 2.45) is 0 Å². The number of nitrogens with zero attached hydrogens (tertiary/aromatic N) is 3. The van der Waals surface area contributed by atoms with Gasteiger partial charge in [0, 0.05) is 29.6 Å². The molecule has 0 amide bonds. The van der Waals surface area contributed by atoms with Crippen molar-refractivity contribution >= 4 is 11.6 Å². The molecule has 0 saturated heterocycles. The van der Waals surface area contributed by atoms with Gasteiger partial charge in [-0.25, -0.2) is 4.98 Å². The normalized spacial score (nSPS) is 12.0. The molecule has 2 aromatic heterocycles. The van der Waals surface area contributed by atoms with E-state index in [2.05, 4.69) is 14.8 Å². The lowest BCUT2D eigenvalue weighted by Crippen LogP contribution is -2.26. The molecule has 0 spiro atoms. The number of rotatable bonds is 5. The molecule has 114 valence electrons. The number of halogens is 3. The first kappa shape index (κ1) is 15.7. The van der Waals surface area contributed by atoms with Gasteiger partial charge in [0.25, 0.3) is 0 Å². The van der Waals surface area contributed by atoms with Crippen LogP contribution in [0.2, 0.25) is 5.15 Å². The quantitative estimate of drug-likeness (QED) is 0.861. The fraction of sp³-hybridized carbons (Fsp3) is 0.385. The van der Waals surface area contributed by atoms with E-state index in [0.717, 1.165) is 0 Å². The van der Waals surface area contributed by atoms with Gasteiger partial charge >= 0.3 is 6.61 Å². The zero-order valence-electron chi connectivity index (χ0n) is 11.4. The largest absolute Gasteiger partial charge is 0.434 e. The monoisotopic (exact) mass is 317 g/mol. The molecule has 0 aliphatic heterocycles. The highest BCUT2D eigenvalue weighted by Gasteiger charge is 2.17. The number of aromatic nitrogens is 3. The van der Waals surface area contributed by atoms with Crippen LogP contribution >= 0.6 is 11.6 Å². The van der Waals surface area contributed by atoms with Crippen LogP contribution in [0.15, 0.2) is 24.7 Å². The van der Waals surface area contributed by atoms with E-state index in [1.807, 2.05) is 0 Å². The van der Waals surface area contributed by atoms with Gasteiger partial charge in [-0.2, -0.15) is 13.9 Å². The predicted molar refractivity (Wildman–Crippen MR) is 73.4 cm³/mol. The van der Waals surface area contributed by atoms with Crippen LogP contribution in [0.3, 0.4) is 0 Å². The van der Waals surface area contributed by atoms with Crippen molar-refractivity contribution in [3.05, 3.63) is 29.8 Å². The van der Waals surface area contributed by atoms with E-state index < -0.39 is 12.2 Å². The zero-order valence-corrected chi connectivity index (χ0v) is 12.2. The van der Waals surface area contributed by atoms with Gasteiger partial charge in [0.05, 0.1) is 18.3 Å². The van der Waals surface area contributed by atoms with Crippen LogP contribution in [0.25, 0.3) is 11.1 Å². The Morgan fingerprint density at radius 2 is 2.14 bits per heavy atom. The highest BCUT2D eigenvalue weighted by molar-refractivity contribution is 6.29. The molecule has 0 aliphatic carbocycles. The summed E-state index contributed by atoms with van der Waals surface area (Å²) >= 11 is 5.69. The molecule has 0 unspecified atom stereocenters. The van der Waals surface area contributed by atoms with Crippen molar-refractivity contribution in [2.45, 2.75) is 32.6 Å². The molecule has 0 fully saturated rings. The first-order valence-electron chi connectivity index (χ1n) is 6.10. The van der Waals surface area contributed by atoms with Crippen LogP contribution in [0.4, 0.5) is 8.78 Å². The van der Waals surface area contributed by atoms with Gasteiger partial charge in [-0.15, -0.1) is 0 Å². The summed E-state index contributed by atoms with van der Waals surface area (Å²) in [5.74, 6) is -0.0761. The minimum absolute atomic E-state index is 0.0540. The van der Waals surface area contributed by atoms with E-state index >= 15 is 0 Å². The third-order valence-corrected chi connectivity index (χ3v) is 2.75. The average Bonchev–Trinajstić information content (AvgIpc) is 2.74. The second-order valence-corrected chi connectivity index (χ2v) is 5.51. The maximum absolute atomic E-state index is 12.4. The molecule has 0 saturated carbocycles. The molecular weight excluding hydrogens is 304 g/mol. The Hall–Kier alpha value is -1.73. The molecule has 21 heavy (non-hydrogen) atoms. The number of alkyl halides is 2. The molecule has 2 rings (SSSR count). The van der Waals surface area contributed by atoms with Crippen molar-refractivity contribution in [3.63, 3.8) is 0 Å². The van der Waals surface area contributed by atoms with Crippen molar-refractivity contribution in [3.8, 4) is 16.9 Å². The average molecular weight is 318 g/mol. The summed E-state index contributed by atoms with van der Waals surface area (Å²) in [6.45, 7) is 0.584. The van der Waals surface area contributed by atoms with E-state index in [0.29, 0.717) is 11.1 Å². The molecule has 0 atom stereocenters. The van der Waals surface area contributed by atoms with Crippen molar-refractivity contribution in [2.75, 3.05) is 0 Å². The predicted octanol–water partition coefficient (Wildman–Crippen LogP) is 2.97. The molecule has 2 aromatic rings. The van der Waals surface area contributed by atoms with Crippen LogP contribution in [0, 0.1) is 0 Å². The number of pyridine rings is 1. The van der Waals surface area contributed by atoms with Gasteiger partial charge < -0.3 is 9.84 Å². The van der Waals surface area contributed by atoms with Crippen molar-refractivity contribution < 1.29 is 18.6 Å². The van der Waals surface area contributed by atoms with Gasteiger partial charge in [0.15, 0.2) is 0 Å². The maximum Gasteiger partial charge on any atom is 0.387 e. The second-order valence-electron chi connectivity index (χ2n) is 5.12. The molecule has 1 N–H and O–H groups in total. The molecular formula is C13H14ClF2N3O2. The highest BCUT2D eigenvalue weighted by atomic mass is 35.5. The molecule has 0 aromatic carbocycles. The Bertz CT molecular complexity index is 626. The fourth-order valence-corrected chi connectivity index (χ4v) is 1.96. The lowest BCUT2D eigenvalue weighted by atomic mass is 10.1. The third kappa shape index (κ3) is 4.37. The Morgan fingerprint density at radius 3 is 2.76 bits per heavy atom. The summed E-state index contributed by atoms with van der Waals surface area (Å²) in [6, 6.07) is 1.22. The molecule has 2 heterocycles. The number of hydrogen-bond donors (Lipinski definition) is 1. The van der Waals surface area contributed by atoms with Crippen molar-refractivity contribution in [1.29, 1.82) is 0 Å². The van der Waals surface area contributed by atoms with Gasteiger partial charge in [0.2, 0.25) is 0 Å². The standard InChI is InChI=1S/C13H14ClF2N3O2/c1-13(2,20)7-19-6-8(4-18-19)9-5-17-11(14)3-10(9)21-12(15)16/h3-6,12,20H,7H2,1-2H3. The Morgan fingerprint density at radius 1 is 1.43 bits per heavy atom. The van der Waals surface area contributed by atoms with Crippen LogP contribution in [-0.2, 0) is 6.54 Å². The van der Waals surface area contributed by atoms with Gasteiger partial charge in [-0.3, -0.25) is 4.68 Å². The summed E-state index contributed by atoms with van der Waals surface area (Å²) in [5.41, 5.74) is -0.0510. The van der Waals surface area contributed by atoms with Crippen molar-refractivity contribution in [1.82, 2.24) is 14.8 Å². The second kappa shape index (κ2) is 5.95. The fourth-order valence-electron chi connectivity index (χ4n) is 1.81. The summed E-state index contributed by atoms with van der Waals surface area (Å²) in [5, 5.41) is 13.9.